The van der Waals surface area contributed by atoms with Crippen LogP contribution in [-0.2, 0) is 6.54 Å². The Morgan fingerprint density at radius 1 is 1.26 bits per heavy atom. The van der Waals surface area contributed by atoms with E-state index in [9.17, 15) is 0 Å². The van der Waals surface area contributed by atoms with Crippen molar-refractivity contribution in [3.8, 4) is 17.6 Å². The molecule has 0 saturated carbocycles. The number of anilines is 1. The van der Waals surface area contributed by atoms with Crippen LogP contribution in [-0.4, -0.2) is 38.7 Å². The van der Waals surface area contributed by atoms with Gasteiger partial charge in [-0.2, -0.15) is 4.98 Å². The van der Waals surface area contributed by atoms with Crippen molar-refractivity contribution < 1.29 is 4.74 Å². The van der Waals surface area contributed by atoms with Crippen molar-refractivity contribution >= 4 is 28.6 Å². The molecule has 0 amide bonds. The molecule has 164 valence electrons. The summed E-state index contributed by atoms with van der Waals surface area (Å²) in [6.07, 6.45) is 4.46. The smallest absolute Gasteiger partial charge is 0.223 e. The summed E-state index contributed by atoms with van der Waals surface area (Å²) in [5.41, 5.74) is 10.2. The van der Waals surface area contributed by atoms with Gasteiger partial charge in [-0.25, -0.2) is 4.98 Å². The van der Waals surface area contributed by atoms with Crippen LogP contribution in [0.15, 0.2) is 12.4 Å². The number of aromatic nitrogens is 4. The maximum Gasteiger partial charge on any atom is 0.223 e. The molecule has 3 heterocycles. The number of hydrogen-bond donors (Lipinski definition) is 2. The summed E-state index contributed by atoms with van der Waals surface area (Å²) in [4.78, 5) is 13.1. The van der Waals surface area contributed by atoms with E-state index in [4.69, 9.17) is 22.1 Å². The predicted octanol–water partition coefficient (Wildman–Crippen LogP) is 3.87. The molecular formula is C23H29ClN6O. The molecule has 0 bridgehead atoms. The average Bonchev–Trinajstić information content (AvgIpc) is 3.01. The number of nitrogens with one attached hydrogen (secondary N) is 1. The van der Waals surface area contributed by atoms with Gasteiger partial charge in [-0.3, -0.25) is 4.98 Å². The average molecular weight is 441 g/mol. The van der Waals surface area contributed by atoms with Crippen LogP contribution in [0.3, 0.4) is 0 Å². The molecule has 3 rings (SSSR count). The molecule has 0 unspecified atom stereocenters. The Balaban J connectivity index is 1.98. The Morgan fingerprint density at radius 3 is 2.68 bits per heavy atom. The lowest BCUT2D eigenvalue weighted by molar-refractivity contribution is 0.406. The van der Waals surface area contributed by atoms with Crippen LogP contribution in [0.1, 0.15) is 49.6 Å². The number of ether oxygens (including phenoxy) is 1. The number of nitrogens with zero attached hydrogens (tertiary/aromatic N) is 4. The molecule has 0 aromatic carbocycles. The highest BCUT2D eigenvalue weighted by molar-refractivity contribution is 6.34. The quantitative estimate of drug-likeness (QED) is 0.355. The maximum atomic E-state index is 6.42. The third kappa shape index (κ3) is 5.27. The highest BCUT2D eigenvalue weighted by atomic mass is 35.5. The minimum Gasteiger partial charge on any atom is -0.496 e. The Hall–Kier alpha value is -2.82. The Kier molecular flexibility index (Phi) is 6.73. The Bertz CT molecular complexity index is 1170. The monoisotopic (exact) mass is 440 g/mol. The van der Waals surface area contributed by atoms with Crippen molar-refractivity contribution in [2.75, 3.05) is 19.4 Å². The lowest BCUT2D eigenvalue weighted by Crippen LogP contribution is -2.36. The van der Waals surface area contributed by atoms with Crippen molar-refractivity contribution in [3.63, 3.8) is 0 Å². The number of pyridine rings is 1. The lowest BCUT2D eigenvalue weighted by Gasteiger charge is -2.19. The normalized spacial score (nSPS) is 11.5. The summed E-state index contributed by atoms with van der Waals surface area (Å²) in [6, 6.07) is 0. The van der Waals surface area contributed by atoms with Gasteiger partial charge < -0.3 is 20.4 Å². The van der Waals surface area contributed by atoms with Crippen molar-refractivity contribution in [2.45, 2.75) is 53.1 Å². The molecule has 0 fully saturated rings. The highest BCUT2D eigenvalue weighted by Crippen LogP contribution is 2.29. The molecule has 3 aromatic rings. The topological polar surface area (TPSA) is 90.9 Å². The van der Waals surface area contributed by atoms with Crippen LogP contribution in [0.5, 0.6) is 5.75 Å². The van der Waals surface area contributed by atoms with Crippen LogP contribution in [0.2, 0.25) is 5.15 Å². The fourth-order valence-corrected chi connectivity index (χ4v) is 3.70. The Morgan fingerprint density at radius 2 is 2.00 bits per heavy atom. The minimum atomic E-state index is 0.0618. The first kappa shape index (κ1) is 22.9. The lowest BCUT2D eigenvalue weighted by atomic mass is 10.1. The molecule has 7 nitrogen and oxygen atoms in total. The first-order valence-corrected chi connectivity index (χ1v) is 10.5. The van der Waals surface area contributed by atoms with Gasteiger partial charge in [0.05, 0.1) is 30.3 Å². The van der Waals surface area contributed by atoms with Crippen molar-refractivity contribution in [2.24, 2.45) is 0 Å². The van der Waals surface area contributed by atoms with E-state index in [0.717, 1.165) is 34.7 Å². The Labute approximate surface area is 188 Å². The molecule has 3 aromatic heterocycles. The number of aryl methyl sites for hydroxylation is 1. The van der Waals surface area contributed by atoms with Crippen LogP contribution < -0.4 is 15.8 Å². The van der Waals surface area contributed by atoms with Gasteiger partial charge in [-0.15, -0.1) is 0 Å². The van der Waals surface area contributed by atoms with Gasteiger partial charge in [0.1, 0.15) is 16.5 Å². The van der Waals surface area contributed by atoms with E-state index in [2.05, 4.69) is 52.9 Å². The van der Waals surface area contributed by atoms with Gasteiger partial charge in [-0.1, -0.05) is 23.4 Å². The van der Waals surface area contributed by atoms with E-state index in [0.29, 0.717) is 29.2 Å². The third-order valence-electron chi connectivity index (χ3n) is 4.89. The molecular weight excluding hydrogens is 412 g/mol. The number of hydrogen-bond acceptors (Lipinski definition) is 6. The summed E-state index contributed by atoms with van der Waals surface area (Å²) in [5.74, 6) is 7.40. The van der Waals surface area contributed by atoms with Crippen molar-refractivity contribution in [1.29, 1.82) is 0 Å². The summed E-state index contributed by atoms with van der Waals surface area (Å²) in [6.45, 7) is 11.7. The molecule has 3 N–H and O–H groups in total. The third-order valence-corrected chi connectivity index (χ3v) is 5.16. The molecule has 0 aliphatic carbocycles. The van der Waals surface area contributed by atoms with Crippen LogP contribution >= 0.6 is 11.6 Å². The summed E-state index contributed by atoms with van der Waals surface area (Å²) < 4.78 is 7.50. The van der Waals surface area contributed by atoms with Gasteiger partial charge in [0.25, 0.3) is 0 Å². The highest BCUT2D eigenvalue weighted by Gasteiger charge is 2.17. The van der Waals surface area contributed by atoms with E-state index < -0.39 is 0 Å². The van der Waals surface area contributed by atoms with Gasteiger partial charge in [0.2, 0.25) is 5.95 Å². The van der Waals surface area contributed by atoms with Gasteiger partial charge in [-0.05, 0) is 34.6 Å². The number of methoxy groups -OCH3 is 1. The number of nitrogens with two attached hydrogens (primary N) is 1. The van der Waals surface area contributed by atoms with Gasteiger partial charge in [0.15, 0.2) is 0 Å². The molecule has 0 spiro atoms. The zero-order valence-electron chi connectivity index (χ0n) is 18.9. The SMILES string of the molecule is COc1c(C)cnc(Cn2cc(C#CCCNC(C)(C)C)c3c(Cl)nc(N)nc32)c1C. The van der Waals surface area contributed by atoms with E-state index in [1.807, 2.05) is 30.8 Å². The fraction of sp³-hybridized carbons (Fsp3) is 0.435. The summed E-state index contributed by atoms with van der Waals surface area (Å²) in [5, 5.41) is 4.42. The molecule has 0 atom stereocenters. The molecule has 0 radical (unpaired) electrons. The number of rotatable bonds is 5. The summed E-state index contributed by atoms with van der Waals surface area (Å²) in [7, 11) is 1.67. The second kappa shape index (κ2) is 9.13. The van der Waals surface area contributed by atoms with E-state index in [1.165, 1.54) is 0 Å². The predicted molar refractivity (Wildman–Crippen MR) is 126 cm³/mol. The second-order valence-electron chi connectivity index (χ2n) is 8.52. The fourth-order valence-electron chi connectivity index (χ4n) is 3.42. The van der Waals surface area contributed by atoms with Crippen LogP contribution in [0.25, 0.3) is 11.0 Å². The molecule has 0 aliphatic rings. The first-order valence-electron chi connectivity index (χ1n) is 10.2. The van der Waals surface area contributed by atoms with Gasteiger partial charge in [0, 0.05) is 42.0 Å². The number of halogens is 1. The largest absolute Gasteiger partial charge is 0.496 e. The van der Waals surface area contributed by atoms with E-state index >= 15 is 0 Å². The van der Waals surface area contributed by atoms with Crippen LogP contribution in [0.4, 0.5) is 5.95 Å². The van der Waals surface area contributed by atoms with Gasteiger partial charge >= 0.3 is 0 Å². The standard InChI is InChI=1S/C23H29ClN6O/c1-14-11-26-17(15(2)19(14)31-6)13-30-12-16(9-7-8-10-27-23(3,4)5)18-20(24)28-22(25)29-21(18)30/h11-12,27H,8,10,13H2,1-6H3,(H2,25,28,29). The molecule has 31 heavy (non-hydrogen) atoms. The number of fused-ring (bicyclic) bond motifs is 1. The second-order valence-corrected chi connectivity index (χ2v) is 8.87. The van der Waals surface area contributed by atoms with Crippen molar-refractivity contribution in [3.05, 3.63) is 39.9 Å². The van der Waals surface area contributed by atoms with E-state index in [1.54, 1.807) is 7.11 Å². The molecule has 0 aliphatic heterocycles. The van der Waals surface area contributed by atoms with Crippen LogP contribution in [0, 0.1) is 25.7 Å². The molecule has 8 heteroatoms. The zero-order chi connectivity index (χ0) is 22.8. The summed E-state index contributed by atoms with van der Waals surface area (Å²) >= 11 is 6.42. The maximum absolute atomic E-state index is 6.42. The molecule has 0 saturated heterocycles. The zero-order valence-corrected chi connectivity index (χ0v) is 19.7. The van der Waals surface area contributed by atoms with E-state index in [-0.39, 0.29) is 11.5 Å². The van der Waals surface area contributed by atoms with Crippen molar-refractivity contribution in [1.82, 2.24) is 24.8 Å². The minimum absolute atomic E-state index is 0.0618. The number of nitrogen functional groups attached to an aromatic ring is 1. The first-order chi connectivity index (χ1) is 14.6.